The summed E-state index contributed by atoms with van der Waals surface area (Å²) in [4.78, 5) is 22.8. The summed E-state index contributed by atoms with van der Waals surface area (Å²) in [5.74, 6) is 0.847. The van der Waals surface area contributed by atoms with E-state index in [0.29, 0.717) is 18.0 Å². The van der Waals surface area contributed by atoms with E-state index in [9.17, 15) is 15.0 Å². The van der Waals surface area contributed by atoms with E-state index in [0.717, 1.165) is 42.9 Å². The molecule has 4 aliphatic heterocycles. The number of β-amino-alcohol motifs (C(OH)–C–C–N with tert-alkyl or cyclic N) is 1. The van der Waals surface area contributed by atoms with Crippen molar-refractivity contribution in [1.29, 1.82) is 0 Å². The molecule has 172 valence electrons. The van der Waals surface area contributed by atoms with Crippen LogP contribution in [-0.2, 0) is 4.74 Å². The Morgan fingerprint density at radius 2 is 2.15 bits per heavy atom. The summed E-state index contributed by atoms with van der Waals surface area (Å²) >= 11 is 0. The number of carbonyl (C=O) groups excluding carboxylic acids is 1. The maximum absolute atomic E-state index is 12.3. The van der Waals surface area contributed by atoms with Crippen molar-refractivity contribution in [2.24, 2.45) is 5.92 Å². The standard InChI is InChI=1S/C23H27BN4O5/c24-27-7-1-2-15-10-26(13-23(15,27)31)16-4-5-17(25-9-16)14-3-6-18-20(8-14)32-12-19-21(11-29)33-22(30)28(18)19/h3-6,8-9,15,19,21,29,31H,1-2,7,10-13,24H2/t15-,19-,21-,23-/m0/s1. The van der Waals surface area contributed by atoms with Crippen LogP contribution < -0.4 is 14.5 Å². The average molecular weight is 450 g/mol. The normalized spacial score (nSPS) is 31.0. The van der Waals surface area contributed by atoms with Gasteiger partial charge in [0, 0.05) is 18.0 Å². The number of aliphatic hydroxyl groups excluding tert-OH is 1. The van der Waals surface area contributed by atoms with Crippen molar-refractivity contribution in [3.63, 3.8) is 0 Å². The van der Waals surface area contributed by atoms with Crippen molar-refractivity contribution in [3.05, 3.63) is 36.5 Å². The molecule has 4 atom stereocenters. The fourth-order valence-corrected chi connectivity index (χ4v) is 5.70. The third kappa shape index (κ3) is 3.19. The van der Waals surface area contributed by atoms with Gasteiger partial charge in [-0.15, -0.1) is 0 Å². The lowest BCUT2D eigenvalue weighted by Gasteiger charge is -2.42. The van der Waals surface area contributed by atoms with Crippen LogP contribution in [0, 0.1) is 5.92 Å². The van der Waals surface area contributed by atoms with E-state index in [1.165, 1.54) is 0 Å². The molecule has 1 aromatic carbocycles. The number of amides is 1. The van der Waals surface area contributed by atoms with E-state index >= 15 is 0 Å². The van der Waals surface area contributed by atoms with Gasteiger partial charge in [-0.05, 0) is 43.7 Å². The molecule has 3 saturated heterocycles. The van der Waals surface area contributed by atoms with Crippen LogP contribution in [0.4, 0.5) is 16.2 Å². The summed E-state index contributed by atoms with van der Waals surface area (Å²) in [6.07, 6.45) is 2.98. The molecule has 2 N–H and O–H groups in total. The third-order valence-electron chi connectivity index (χ3n) is 7.65. The lowest BCUT2D eigenvalue weighted by Crippen LogP contribution is -2.56. The van der Waals surface area contributed by atoms with E-state index in [2.05, 4.69) is 14.7 Å². The highest BCUT2D eigenvalue weighted by atomic mass is 16.6. The van der Waals surface area contributed by atoms with Crippen LogP contribution in [0.3, 0.4) is 0 Å². The second-order valence-corrected chi connectivity index (χ2v) is 9.46. The minimum absolute atomic E-state index is 0.231. The first-order chi connectivity index (χ1) is 16.0. The van der Waals surface area contributed by atoms with E-state index in [1.807, 2.05) is 44.5 Å². The minimum Gasteiger partial charge on any atom is -0.489 e. The summed E-state index contributed by atoms with van der Waals surface area (Å²) in [5, 5.41) is 20.6. The number of hydrogen-bond donors (Lipinski definition) is 2. The first-order valence-electron chi connectivity index (χ1n) is 11.5. The van der Waals surface area contributed by atoms with Gasteiger partial charge in [-0.25, -0.2) is 4.79 Å². The molecule has 6 rings (SSSR count). The van der Waals surface area contributed by atoms with Gasteiger partial charge in [0.05, 0.1) is 36.4 Å². The molecule has 0 spiro atoms. The Hall–Kier alpha value is -2.82. The topological polar surface area (TPSA) is 98.6 Å². The van der Waals surface area contributed by atoms with E-state index in [-0.39, 0.29) is 25.2 Å². The molecule has 33 heavy (non-hydrogen) atoms. The van der Waals surface area contributed by atoms with Gasteiger partial charge in [-0.3, -0.25) is 9.88 Å². The van der Waals surface area contributed by atoms with E-state index in [1.54, 1.807) is 4.90 Å². The Morgan fingerprint density at radius 1 is 1.27 bits per heavy atom. The first-order valence-corrected chi connectivity index (χ1v) is 11.5. The van der Waals surface area contributed by atoms with Crippen molar-refractivity contribution in [2.75, 3.05) is 42.6 Å². The van der Waals surface area contributed by atoms with E-state index < -0.39 is 17.9 Å². The van der Waals surface area contributed by atoms with Crippen molar-refractivity contribution in [3.8, 4) is 17.0 Å². The largest absolute Gasteiger partial charge is 0.489 e. The second kappa shape index (κ2) is 7.61. The number of nitrogens with zero attached hydrogens (tertiary/aromatic N) is 4. The molecule has 0 bridgehead atoms. The number of anilines is 2. The van der Waals surface area contributed by atoms with Crippen molar-refractivity contribution in [1.82, 2.24) is 9.79 Å². The molecular formula is C23H27BN4O5. The second-order valence-electron chi connectivity index (χ2n) is 9.46. The van der Waals surface area contributed by atoms with Crippen LogP contribution in [0.5, 0.6) is 5.75 Å². The monoisotopic (exact) mass is 450 g/mol. The summed E-state index contributed by atoms with van der Waals surface area (Å²) in [5.41, 5.74) is 2.57. The Morgan fingerprint density at radius 3 is 2.91 bits per heavy atom. The SMILES string of the molecule is BN1CCC[C@H]2CN(c3ccc(-c4ccc5c(c4)OC[C@H]4[C@H](CO)OC(=O)N54)nc3)C[C@]21O. The summed E-state index contributed by atoms with van der Waals surface area (Å²) in [6, 6.07) is 9.33. The number of rotatable bonds is 3. The summed E-state index contributed by atoms with van der Waals surface area (Å²) in [7, 11) is 2.00. The smallest absolute Gasteiger partial charge is 0.415 e. The lowest BCUT2D eigenvalue weighted by atomic mass is 9.86. The van der Waals surface area contributed by atoms with Crippen molar-refractivity contribution >= 4 is 25.4 Å². The van der Waals surface area contributed by atoms with Gasteiger partial charge >= 0.3 is 6.09 Å². The Balaban J connectivity index is 1.22. The third-order valence-corrected chi connectivity index (χ3v) is 7.65. The van der Waals surface area contributed by atoms with Gasteiger partial charge in [-0.1, -0.05) is 6.07 Å². The van der Waals surface area contributed by atoms with E-state index in [4.69, 9.17) is 9.47 Å². The maximum atomic E-state index is 12.3. The quantitative estimate of drug-likeness (QED) is 0.657. The van der Waals surface area contributed by atoms with Crippen LogP contribution in [0.1, 0.15) is 12.8 Å². The van der Waals surface area contributed by atoms with Crippen LogP contribution in [0.25, 0.3) is 11.3 Å². The summed E-state index contributed by atoms with van der Waals surface area (Å²) < 4.78 is 11.2. The Bertz CT molecular complexity index is 1090. The number of piperidine rings is 1. The number of fused-ring (bicyclic) bond motifs is 4. The van der Waals surface area contributed by atoms with Crippen LogP contribution in [0.15, 0.2) is 36.5 Å². The summed E-state index contributed by atoms with van der Waals surface area (Å²) in [6.45, 7) is 2.38. The molecule has 0 unspecified atom stereocenters. The molecule has 2 aromatic rings. The molecule has 1 aromatic heterocycles. The molecule has 0 saturated carbocycles. The van der Waals surface area contributed by atoms with Crippen LogP contribution in [0.2, 0.25) is 0 Å². The average Bonchev–Trinajstić information content (AvgIpc) is 3.37. The Labute approximate surface area is 192 Å². The Kier molecular flexibility index (Phi) is 4.79. The predicted molar refractivity (Wildman–Crippen MR) is 124 cm³/mol. The van der Waals surface area contributed by atoms with Crippen LogP contribution >= 0.6 is 0 Å². The van der Waals surface area contributed by atoms with Gasteiger partial charge in [0.15, 0.2) is 14.1 Å². The fraction of sp³-hybridized carbons (Fsp3) is 0.478. The number of aliphatic hydroxyl groups is 2. The predicted octanol–water partition coefficient (Wildman–Crippen LogP) is 0.596. The highest BCUT2D eigenvalue weighted by Gasteiger charge is 2.49. The number of hydrogen-bond acceptors (Lipinski definition) is 8. The van der Waals surface area contributed by atoms with Gasteiger partial charge in [0.1, 0.15) is 24.1 Å². The zero-order chi connectivity index (χ0) is 22.7. The molecule has 5 heterocycles. The maximum Gasteiger partial charge on any atom is 0.415 e. The lowest BCUT2D eigenvalue weighted by molar-refractivity contribution is -0.0982. The molecule has 0 aliphatic carbocycles. The van der Waals surface area contributed by atoms with Gasteiger partial charge in [0.2, 0.25) is 0 Å². The number of ether oxygens (including phenoxy) is 2. The molecule has 0 radical (unpaired) electrons. The number of pyridine rings is 1. The molecule has 10 heteroatoms. The van der Waals surface area contributed by atoms with Gasteiger partial charge < -0.3 is 29.4 Å². The van der Waals surface area contributed by atoms with Gasteiger partial charge in [0.25, 0.3) is 0 Å². The molecule has 3 fully saturated rings. The minimum atomic E-state index is -0.767. The zero-order valence-electron chi connectivity index (χ0n) is 18.6. The number of aromatic nitrogens is 1. The van der Waals surface area contributed by atoms with Gasteiger partial charge in [-0.2, -0.15) is 0 Å². The number of cyclic esters (lactones) is 1. The number of benzene rings is 1. The molecule has 9 nitrogen and oxygen atoms in total. The molecule has 1 amide bonds. The zero-order valence-corrected chi connectivity index (χ0v) is 18.6. The molecule has 4 aliphatic rings. The number of carbonyl (C=O) groups is 1. The first kappa shape index (κ1) is 20.8. The van der Waals surface area contributed by atoms with Crippen molar-refractivity contribution in [2.45, 2.75) is 30.7 Å². The highest BCUT2D eigenvalue weighted by molar-refractivity contribution is 6.05. The van der Waals surface area contributed by atoms with Crippen LogP contribution in [-0.4, -0.2) is 84.8 Å². The highest BCUT2D eigenvalue weighted by Crippen LogP contribution is 2.42. The fourth-order valence-electron chi connectivity index (χ4n) is 5.70. The van der Waals surface area contributed by atoms with Crippen molar-refractivity contribution < 1.29 is 24.5 Å². The molecular weight excluding hydrogens is 423 g/mol.